The fraction of sp³-hybridized carbons (Fsp3) is 0.182. The van der Waals surface area contributed by atoms with Crippen LogP contribution in [0.4, 0.5) is 4.39 Å². The third kappa shape index (κ3) is 2.03. The number of aryl methyl sites for hydroxylation is 2. The van der Waals surface area contributed by atoms with E-state index in [1.807, 2.05) is 13.8 Å². The SMILES string of the molecule is Cc1nc(-c2cc(Cl)ccc2F)sc1C. The standard InChI is InChI=1S/C11H9ClFNS/c1-6-7(2)15-11(14-6)9-5-8(12)3-4-10(9)13/h3-5H,1-2H3. The Morgan fingerprint density at radius 1 is 1.33 bits per heavy atom. The first-order valence-corrected chi connectivity index (χ1v) is 5.67. The van der Waals surface area contributed by atoms with Gasteiger partial charge in [-0.2, -0.15) is 0 Å². The van der Waals surface area contributed by atoms with E-state index in [1.54, 1.807) is 6.07 Å². The Hall–Kier alpha value is -0.930. The molecule has 1 aromatic heterocycles. The van der Waals surface area contributed by atoms with Crippen molar-refractivity contribution < 1.29 is 4.39 Å². The van der Waals surface area contributed by atoms with E-state index in [4.69, 9.17) is 11.6 Å². The van der Waals surface area contributed by atoms with Gasteiger partial charge in [-0.25, -0.2) is 9.37 Å². The van der Waals surface area contributed by atoms with Gasteiger partial charge in [0.25, 0.3) is 0 Å². The second-order valence-electron chi connectivity index (χ2n) is 3.28. The minimum absolute atomic E-state index is 0.284. The van der Waals surface area contributed by atoms with Crippen LogP contribution in [-0.4, -0.2) is 4.98 Å². The van der Waals surface area contributed by atoms with E-state index in [-0.39, 0.29) is 5.82 Å². The molecule has 0 atom stereocenters. The van der Waals surface area contributed by atoms with Crippen LogP contribution in [0.25, 0.3) is 10.6 Å². The largest absolute Gasteiger partial charge is 0.241 e. The van der Waals surface area contributed by atoms with Gasteiger partial charge in [-0.1, -0.05) is 11.6 Å². The number of halogens is 2. The molecule has 0 radical (unpaired) electrons. The first kappa shape index (κ1) is 10.6. The number of benzene rings is 1. The van der Waals surface area contributed by atoms with E-state index in [1.165, 1.54) is 23.5 Å². The Bertz CT molecular complexity index is 488. The molecule has 0 fully saturated rings. The molecular weight excluding hydrogens is 233 g/mol. The molecule has 1 heterocycles. The summed E-state index contributed by atoms with van der Waals surface area (Å²) in [7, 11) is 0. The molecule has 1 nitrogen and oxygen atoms in total. The van der Waals surface area contributed by atoms with Crippen LogP contribution in [0, 0.1) is 19.7 Å². The van der Waals surface area contributed by atoms with Gasteiger partial charge >= 0.3 is 0 Å². The molecule has 4 heteroatoms. The lowest BCUT2D eigenvalue weighted by atomic mass is 10.2. The maximum atomic E-state index is 13.5. The van der Waals surface area contributed by atoms with E-state index >= 15 is 0 Å². The summed E-state index contributed by atoms with van der Waals surface area (Å²) in [4.78, 5) is 5.40. The quantitative estimate of drug-likeness (QED) is 0.729. The predicted octanol–water partition coefficient (Wildman–Crippen LogP) is 4.22. The minimum Gasteiger partial charge on any atom is -0.241 e. The molecule has 0 N–H and O–H groups in total. The molecule has 1 aromatic carbocycles. The molecule has 0 aliphatic carbocycles. The smallest absolute Gasteiger partial charge is 0.133 e. The zero-order valence-corrected chi connectivity index (χ0v) is 9.92. The van der Waals surface area contributed by atoms with Crippen LogP contribution in [0.2, 0.25) is 5.02 Å². The summed E-state index contributed by atoms with van der Waals surface area (Å²) in [5.41, 5.74) is 1.41. The Labute approximate surface area is 96.5 Å². The van der Waals surface area contributed by atoms with Crippen molar-refractivity contribution >= 4 is 22.9 Å². The number of aromatic nitrogens is 1. The zero-order valence-electron chi connectivity index (χ0n) is 8.34. The van der Waals surface area contributed by atoms with Crippen molar-refractivity contribution in [3.63, 3.8) is 0 Å². The van der Waals surface area contributed by atoms with Crippen LogP contribution >= 0.6 is 22.9 Å². The fourth-order valence-electron chi connectivity index (χ4n) is 1.25. The third-order valence-electron chi connectivity index (χ3n) is 2.19. The fourth-order valence-corrected chi connectivity index (χ4v) is 2.35. The van der Waals surface area contributed by atoms with Gasteiger partial charge in [-0.15, -0.1) is 11.3 Å². The van der Waals surface area contributed by atoms with Gasteiger partial charge < -0.3 is 0 Å². The first-order valence-electron chi connectivity index (χ1n) is 4.47. The summed E-state index contributed by atoms with van der Waals surface area (Å²) < 4.78 is 13.5. The predicted molar refractivity (Wildman–Crippen MR) is 62.0 cm³/mol. The van der Waals surface area contributed by atoms with Gasteiger partial charge in [0.1, 0.15) is 10.8 Å². The summed E-state index contributed by atoms with van der Waals surface area (Å²) >= 11 is 7.30. The number of thiazole rings is 1. The topological polar surface area (TPSA) is 12.9 Å². The van der Waals surface area contributed by atoms with Crippen LogP contribution in [0.1, 0.15) is 10.6 Å². The Morgan fingerprint density at radius 3 is 2.67 bits per heavy atom. The molecule has 0 aliphatic heterocycles. The second-order valence-corrected chi connectivity index (χ2v) is 4.92. The summed E-state index contributed by atoms with van der Waals surface area (Å²) in [5, 5.41) is 1.21. The normalized spacial score (nSPS) is 10.7. The van der Waals surface area contributed by atoms with Gasteiger partial charge in [0, 0.05) is 15.5 Å². The number of hydrogen-bond acceptors (Lipinski definition) is 2. The Kier molecular flexibility index (Phi) is 2.76. The molecule has 0 amide bonds. The zero-order chi connectivity index (χ0) is 11.0. The molecule has 2 aromatic rings. The molecule has 0 bridgehead atoms. The van der Waals surface area contributed by atoms with Crippen molar-refractivity contribution in [2.24, 2.45) is 0 Å². The van der Waals surface area contributed by atoms with Gasteiger partial charge in [-0.3, -0.25) is 0 Å². The summed E-state index contributed by atoms with van der Waals surface area (Å²) in [5.74, 6) is -0.284. The highest BCUT2D eigenvalue weighted by Gasteiger charge is 2.11. The van der Waals surface area contributed by atoms with E-state index in [0.29, 0.717) is 15.6 Å². The van der Waals surface area contributed by atoms with Crippen LogP contribution in [0.5, 0.6) is 0 Å². The minimum atomic E-state index is -0.284. The summed E-state index contributed by atoms with van der Waals surface area (Å²) in [6.07, 6.45) is 0. The molecule has 2 rings (SSSR count). The maximum absolute atomic E-state index is 13.5. The third-order valence-corrected chi connectivity index (χ3v) is 3.53. The lowest BCUT2D eigenvalue weighted by Crippen LogP contribution is -1.83. The Balaban J connectivity index is 2.58. The molecule has 78 valence electrons. The molecular formula is C11H9ClFNS. The highest BCUT2D eigenvalue weighted by Crippen LogP contribution is 2.30. The van der Waals surface area contributed by atoms with Crippen LogP contribution in [0.3, 0.4) is 0 Å². The molecule has 0 saturated heterocycles. The van der Waals surface area contributed by atoms with Gasteiger partial charge in [0.15, 0.2) is 0 Å². The summed E-state index contributed by atoms with van der Waals surface area (Å²) in [6, 6.07) is 4.51. The second kappa shape index (κ2) is 3.91. The van der Waals surface area contributed by atoms with Crippen LogP contribution in [0.15, 0.2) is 18.2 Å². The molecule has 0 unspecified atom stereocenters. The monoisotopic (exact) mass is 241 g/mol. The van der Waals surface area contributed by atoms with Gasteiger partial charge in [-0.05, 0) is 32.0 Å². The molecule has 0 spiro atoms. The first-order chi connectivity index (χ1) is 7.08. The number of hydrogen-bond donors (Lipinski definition) is 0. The molecule has 0 aliphatic rings. The van der Waals surface area contributed by atoms with Crippen LogP contribution < -0.4 is 0 Å². The summed E-state index contributed by atoms with van der Waals surface area (Å²) in [6.45, 7) is 3.89. The van der Waals surface area contributed by atoms with Crippen molar-refractivity contribution in [2.75, 3.05) is 0 Å². The van der Waals surface area contributed by atoms with E-state index in [9.17, 15) is 4.39 Å². The lowest BCUT2D eigenvalue weighted by molar-refractivity contribution is 0.631. The van der Waals surface area contributed by atoms with E-state index in [0.717, 1.165) is 10.6 Å². The lowest BCUT2D eigenvalue weighted by Gasteiger charge is -1.98. The van der Waals surface area contributed by atoms with Crippen LogP contribution in [-0.2, 0) is 0 Å². The number of rotatable bonds is 1. The Morgan fingerprint density at radius 2 is 2.07 bits per heavy atom. The highest BCUT2D eigenvalue weighted by atomic mass is 35.5. The molecule has 0 saturated carbocycles. The van der Waals surface area contributed by atoms with Gasteiger partial charge in [0.05, 0.1) is 5.69 Å². The van der Waals surface area contributed by atoms with Crippen molar-refractivity contribution in [2.45, 2.75) is 13.8 Å². The van der Waals surface area contributed by atoms with Crippen molar-refractivity contribution in [3.8, 4) is 10.6 Å². The maximum Gasteiger partial charge on any atom is 0.133 e. The van der Waals surface area contributed by atoms with E-state index in [2.05, 4.69) is 4.98 Å². The molecule has 15 heavy (non-hydrogen) atoms. The number of nitrogens with zero attached hydrogens (tertiary/aromatic N) is 1. The highest BCUT2D eigenvalue weighted by molar-refractivity contribution is 7.15. The van der Waals surface area contributed by atoms with Crippen molar-refractivity contribution in [1.29, 1.82) is 0 Å². The average molecular weight is 242 g/mol. The van der Waals surface area contributed by atoms with Gasteiger partial charge in [0.2, 0.25) is 0 Å². The van der Waals surface area contributed by atoms with E-state index < -0.39 is 0 Å². The van der Waals surface area contributed by atoms with Crippen molar-refractivity contribution in [1.82, 2.24) is 4.98 Å². The van der Waals surface area contributed by atoms with Crippen molar-refractivity contribution in [3.05, 3.63) is 39.6 Å². The average Bonchev–Trinajstić information content (AvgIpc) is 2.51.